The van der Waals surface area contributed by atoms with Crippen LogP contribution in [0.15, 0.2) is 65.7 Å². The van der Waals surface area contributed by atoms with Gasteiger partial charge in [-0.15, -0.1) is 10.2 Å². The van der Waals surface area contributed by atoms with Crippen LogP contribution in [0, 0.1) is 0 Å². The molecule has 5 nitrogen and oxygen atoms in total. The van der Waals surface area contributed by atoms with Gasteiger partial charge in [-0.1, -0.05) is 23.9 Å². The van der Waals surface area contributed by atoms with Crippen LogP contribution in [0.25, 0.3) is 17.0 Å². The lowest BCUT2D eigenvalue weighted by Crippen LogP contribution is -2.04. The Hall–Kier alpha value is -3.07. The van der Waals surface area contributed by atoms with E-state index < -0.39 is 11.7 Å². The third kappa shape index (κ3) is 4.40. The minimum absolute atomic E-state index is 0.497. The minimum Gasteiger partial charge on any atom is -0.494 e. The number of ether oxygens (including phenoxy) is 1. The number of aromatic nitrogens is 4. The number of hydrogen-bond acceptors (Lipinski definition) is 5. The van der Waals surface area contributed by atoms with Crippen molar-refractivity contribution in [2.75, 3.05) is 6.61 Å². The van der Waals surface area contributed by atoms with Gasteiger partial charge >= 0.3 is 6.18 Å². The summed E-state index contributed by atoms with van der Waals surface area (Å²) in [5.74, 6) is 1.87. The van der Waals surface area contributed by atoms with Crippen LogP contribution in [-0.2, 0) is 11.9 Å². The molecule has 0 saturated carbocycles. The number of thioether (sulfide) groups is 1. The fraction of sp³-hybridized carbons (Fsp3) is 0.190. The molecule has 0 radical (unpaired) electrons. The second kappa shape index (κ2) is 8.35. The zero-order chi connectivity index (χ0) is 21.1. The van der Waals surface area contributed by atoms with Crippen LogP contribution >= 0.6 is 11.8 Å². The second-order valence-electron chi connectivity index (χ2n) is 6.41. The van der Waals surface area contributed by atoms with E-state index >= 15 is 0 Å². The Morgan fingerprint density at radius 2 is 1.67 bits per heavy atom. The van der Waals surface area contributed by atoms with E-state index in [9.17, 15) is 13.2 Å². The fourth-order valence-corrected chi connectivity index (χ4v) is 3.65. The first-order valence-corrected chi connectivity index (χ1v) is 10.2. The number of fused-ring (bicyclic) bond motifs is 1. The first-order chi connectivity index (χ1) is 14.4. The van der Waals surface area contributed by atoms with E-state index in [2.05, 4.69) is 15.3 Å². The summed E-state index contributed by atoms with van der Waals surface area (Å²) in [6, 6.07) is 16.3. The van der Waals surface area contributed by atoms with E-state index in [1.807, 2.05) is 43.3 Å². The summed E-state index contributed by atoms with van der Waals surface area (Å²) >= 11 is 1.43. The van der Waals surface area contributed by atoms with Crippen molar-refractivity contribution in [3.63, 3.8) is 0 Å². The molecule has 0 aliphatic carbocycles. The molecule has 0 fully saturated rings. The van der Waals surface area contributed by atoms with Gasteiger partial charge < -0.3 is 4.74 Å². The molecule has 4 aromatic rings. The van der Waals surface area contributed by atoms with Crippen LogP contribution < -0.4 is 4.74 Å². The van der Waals surface area contributed by atoms with Crippen molar-refractivity contribution < 1.29 is 17.9 Å². The molecule has 30 heavy (non-hydrogen) atoms. The molecule has 0 unspecified atom stereocenters. The van der Waals surface area contributed by atoms with E-state index in [1.54, 1.807) is 4.52 Å². The lowest BCUT2D eigenvalue weighted by Gasteiger charge is -2.07. The van der Waals surface area contributed by atoms with E-state index in [4.69, 9.17) is 4.74 Å². The second-order valence-corrected chi connectivity index (χ2v) is 7.40. The first-order valence-electron chi connectivity index (χ1n) is 9.18. The van der Waals surface area contributed by atoms with Crippen molar-refractivity contribution in [1.82, 2.24) is 19.8 Å². The highest BCUT2D eigenvalue weighted by atomic mass is 32.2. The molecule has 0 saturated heterocycles. The molecule has 154 valence electrons. The lowest BCUT2D eigenvalue weighted by atomic mass is 10.1. The molecule has 4 rings (SSSR count). The maximum absolute atomic E-state index is 12.7. The summed E-state index contributed by atoms with van der Waals surface area (Å²) < 4.78 is 45.2. The van der Waals surface area contributed by atoms with Gasteiger partial charge in [-0.3, -0.25) is 0 Å². The molecule has 0 amide bonds. The van der Waals surface area contributed by atoms with Gasteiger partial charge in [0.2, 0.25) is 0 Å². The number of nitrogens with zero attached hydrogens (tertiary/aromatic N) is 4. The molecule has 9 heteroatoms. The van der Waals surface area contributed by atoms with Crippen molar-refractivity contribution in [3.8, 4) is 17.1 Å². The standard InChI is InChI=1S/C21H17F3N4OS/c1-2-29-17-9-5-15(6-10-17)20-26-25-18-11-12-19(27-28(18)20)30-13-14-3-7-16(8-4-14)21(22,23)24/h3-12H,2,13H2,1H3. The minimum atomic E-state index is -4.33. The molecule has 0 bridgehead atoms. The fourth-order valence-electron chi connectivity index (χ4n) is 2.84. The first kappa shape index (κ1) is 20.2. The summed E-state index contributed by atoms with van der Waals surface area (Å²) in [6.45, 7) is 2.52. The van der Waals surface area contributed by atoms with Gasteiger partial charge in [0.05, 0.1) is 12.2 Å². The zero-order valence-electron chi connectivity index (χ0n) is 15.9. The number of halogens is 3. The van der Waals surface area contributed by atoms with Crippen LogP contribution in [0.3, 0.4) is 0 Å². The molecule has 0 aliphatic heterocycles. The van der Waals surface area contributed by atoms with Gasteiger partial charge in [-0.05, 0) is 61.0 Å². The van der Waals surface area contributed by atoms with Crippen LogP contribution in [0.4, 0.5) is 13.2 Å². The third-order valence-electron chi connectivity index (χ3n) is 4.33. The summed E-state index contributed by atoms with van der Waals surface area (Å²) in [5, 5.41) is 13.7. The smallest absolute Gasteiger partial charge is 0.416 e. The maximum Gasteiger partial charge on any atom is 0.416 e. The van der Waals surface area contributed by atoms with Crippen molar-refractivity contribution in [2.45, 2.75) is 23.9 Å². The van der Waals surface area contributed by atoms with Crippen LogP contribution in [0.5, 0.6) is 5.75 Å². The topological polar surface area (TPSA) is 52.3 Å². The summed E-state index contributed by atoms with van der Waals surface area (Å²) in [4.78, 5) is 0. The predicted molar refractivity (Wildman–Crippen MR) is 108 cm³/mol. The number of hydrogen-bond donors (Lipinski definition) is 0. The van der Waals surface area contributed by atoms with E-state index in [1.165, 1.54) is 23.9 Å². The van der Waals surface area contributed by atoms with Gasteiger partial charge in [0.25, 0.3) is 0 Å². The Bertz CT molecular complexity index is 1140. The number of alkyl halides is 3. The van der Waals surface area contributed by atoms with Gasteiger partial charge in [0, 0.05) is 11.3 Å². The normalized spacial score (nSPS) is 11.7. The summed E-state index contributed by atoms with van der Waals surface area (Å²) in [7, 11) is 0. The van der Waals surface area contributed by atoms with Gasteiger partial charge in [-0.2, -0.15) is 22.8 Å². The highest BCUT2D eigenvalue weighted by Gasteiger charge is 2.29. The quantitative estimate of drug-likeness (QED) is 0.378. The average molecular weight is 430 g/mol. The molecule has 2 aromatic carbocycles. The van der Waals surface area contributed by atoms with Crippen molar-refractivity contribution in [2.24, 2.45) is 0 Å². The van der Waals surface area contributed by atoms with E-state index in [-0.39, 0.29) is 0 Å². The van der Waals surface area contributed by atoms with Crippen molar-refractivity contribution in [1.29, 1.82) is 0 Å². The Labute approximate surface area is 174 Å². The Morgan fingerprint density at radius 3 is 2.33 bits per heavy atom. The van der Waals surface area contributed by atoms with Crippen molar-refractivity contribution in [3.05, 3.63) is 71.8 Å². The highest BCUT2D eigenvalue weighted by Crippen LogP contribution is 2.30. The van der Waals surface area contributed by atoms with Crippen molar-refractivity contribution >= 4 is 17.4 Å². The number of rotatable bonds is 6. The van der Waals surface area contributed by atoms with Crippen LogP contribution in [0.1, 0.15) is 18.1 Å². The summed E-state index contributed by atoms with van der Waals surface area (Å²) in [5.41, 5.74) is 1.59. The Morgan fingerprint density at radius 1 is 0.933 bits per heavy atom. The Kier molecular flexibility index (Phi) is 5.63. The summed E-state index contributed by atoms with van der Waals surface area (Å²) in [6.07, 6.45) is -4.33. The highest BCUT2D eigenvalue weighted by molar-refractivity contribution is 7.98. The average Bonchev–Trinajstić information content (AvgIpc) is 3.16. The monoisotopic (exact) mass is 430 g/mol. The van der Waals surface area contributed by atoms with E-state index in [0.29, 0.717) is 23.8 Å². The SMILES string of the molecule is CCOc1ccc(-c2nnc3ccc(SCc4ccc(C(F)(F)F)cc4)nn23)cc1. The molecule has 2 heterocycles. The maximum atomic E-state index is 12.7. The molecule has 0 N–H and O–H groups in total. The molecular weight excluding hydrogens is 413 g/mol. The molecule has 2 aromatic heterocycles. The van der Waals surface area contributed by atoms with Gasteiger partial charge in [-0.25, -0.2) is 0 Å². The molecule has 0 aliphatic rings. The largest absolute Gasteiger partial charge is 0.494 e. The molecular formula is C21H17F3N4OS. The lowest BCUT2D eigenvalue weighted by molar-refractivity contribution is -0.137. The van der Waals surface area contributed by atoms with Gasteiger partial charge in [0.15, 0.2) is 11.5 Å². The van der Waals surface area contributed by atoms with E-state index in [0.717, 1.165) is 34.0 Å². The van der Waals surface area contributed by atoms with Crippen LogP contribution in [0.2, 0.25) is 0 Å². The molecule has 0 atom stereocenters. The Balaban J connectivity index is 1.52. The number of benzene rings is 2. The zero-order valence-corrected chi connectivity index (χ0v) is 16.7. The predicted octanol–water partition coefficient (Wildman–Crippen LogP) is 5.50. The van der Waals surface area contributed by atoms with Gasteiger partial charge in [0.1, 0.15) is 10.8 Å². The van der Waals surface area contributed by atoms with Crippen LogP contribution in [-0.4, -0.2) is 26.4 Å². The third-order valence-corrected chi connectivity index (χ3v) is 5.32. The molecule has 0 spiro atoms.